The number of methoxy groups -OCH3 is 1. The Morgan fingerprint density at radius 1 is 1.33 bits per heavy atom. The van der Waals surface area contributed by atoms with Gasteiger partial charge < -0.3 is 10.5 Å². The first-order valence-corrected chi connectivity index (χ1v) is 6.24. The molecule has 92 valence electrons. The molecule has 0 rings (SSSR count). The first kappa shape index (κ1) is 14.8. The monoisotopic (exact) mass is 239 g/mol. The van der Waals surface area contributed by atoms with Crippen molar-refractivity contribution >= 4 is 10.2 Å². The lowest BCUT2D eigenvalue weighted by Crippen LogP contribution is -2.44. The van der Waals surface area contributed by atoms with Crippen molar-refractivity contribution in [3.05, 3.63) is 0 Å². The van der Waals surface area contributed by atoms with Gasteiger partial charge in [-0.05, 0) is 12.0 Å². The molecule has 0 bridgehead atoms. The molecule has 0 heterocycles. The Bertz CT molecular complexity index is 264. The molecule has 0 amide bonds. The number of nitrogens with one attached hydrogen (secondary N) is 2. The van der Waals surface area contributed by atoms with Crippen molar-refractivity contribution in [2.24, 2.45) is 11.1 Å². The van der Waals surface area contributed by atoms with Gasteiger partial charge in [-0.25, -0.2) is 4.72 Å². The van der Waals surface area contributed by atoms with Gasteiger partial charge in [0, 0.05) is 20.2 Å². The van der Waals surface area contributed by atoms with E-state index in [1.54, 1.807) is 0 Å². The molecule has 0 unspecified atom stereocenters. The average Bonchev–Trinajstić information content (AvgIpc) is 2.16. The molecule has 0 fully saturated rings. The van der Waals surface area contributed by atoms with Crippen LogP contribution in [0.25, 0.3) is 0 Å². The van der Waals surface area contributed by atoms with E-state index in [4.69, 9.17) is 10.5 Å². The van der Waals surface area contributed by atoms with Gasteiger partial charge in [0.15, 0.2) is 0 Å². The number of hydrogen-bond acceptors (Lipinski definition) is 4. The molecule has 0 spiro atoms. The molecule has 0 aliphatic rings. The molecule has 15 heavy (non-hydrogen) atoms. The Morgan fingerprint density at radius 2 is 1.93 bits per heavy atom. The summed E-state index contributed by atoms with van der Waals surface area (Å²) in [7, 11) is -1.92. The third-order valence-electron chi connectivity index (χ3n) is 1.89. The Morgan fingerprint density at radius 3 is 2.40 bits per heavy atom. The van der Waals surface area contributed by atoms with Gasteiger partial charge in [0.05, 0.1) is 6.61 Å². The molecule has 0 aromatic carbocycles. The average molecular weight is 239 g/mol. The van der Waals surface area contributed by atoms with E-state index >= 15 is 0 Å². The third-order valence-corrected chi connectivity index (χ3v) is 3.00. The van der Waals surface area contributed by atoms with Gasteiger partial charge in [-0.2, -0.15) is 13.1 Å². The molecule has 4 N–H and O–H groups in total. The number of ether oxygens (including phenoxy) is 1. The second kappa shape index (κ2) is 6.39. The highest BCUT2D eigenvalue weighted by Crippen LogP contribution is 2.10. The van der Waals surface area contributed by atoms with Crippen LogP contribution in [0.15, 0.2) is 0 Å². The van der Waals surface area contributed by atoms with Crippen molar-refractivity contribution in [2.75, 3.05) is 33.4 Å². The van der Waals surface area contributed by atoms with Gasteiger partial charge in [0.1, 0.15) is 0 Å². The summed E-state index contributed by atoms with van der Waals surface area (Å²) in [6.07, 6.45) is 0. The van der Waals surface area contributed by atoms with Crippen molar-refractivity contribution in [1.29, 1.82) is 0 Å². The Hall–Kier alpha value is -0.210. The third kappa shape index (κ3) is 7.69. The van der Waals surface area contributed by atoms with Crippen LogP contribution < -0.4 is 15.2 Å². The summed E-state index contributed by atoms with van der Waals surface area (Å²) in [5, 5.41) is 0. The summed E-state index contributed by atoms with van der Waals surface area (Å²) in [5.74, 6) is 0. The standard InChI is InChI=1S/C8H21N3O3S/c1-8(2,6-9)7-11-15(12,13)10-4-5-14-3/h10-11H,4-7,9H2,1-3H3. The Labute approximate surface area is 91.7 Å². The van der Waals surface area contributed by atoms with E-state index in [0.717, 1.165) is 0 Å². The summed E-state index contributed by atoms with van der Waals surface area (Å²) in [5.41, 5.74) is 5.24. The minimum Gasteiger partial charge on any atom is -0.383 e. The van der Waals surface area contributed by atoms with Crippen molar-refractivity contribution in [1.82, 2.24) is 9.44 Å². The highest BCUT2D eigenvalue weighted by molar-refractivity contribution is 7.87. The number of hydrogen-bond donors (Lipinski definition) is 3. The largest absolute Gasteiger partial charge is 0.383 e. The molecule has 0 saturated heterocycles. The number of rotatable bonds is 8. The predicted molar refractivity (Wildman–Crippen MR) is 59.6 cm³/mol. The Balaban J connectivity index is 3.94. The van der Waals surface area contributed by atoms with Crippen LogP contribution in [0.4, 0.5) is 0 Å². The fourth-order valence-corrected chi connectivity index (χ4v) is 1.73. The molecular weight excluding hydrogens is 218 g/mol. The normalized spacial score (nSPS) is 13.1. The summed E-state index contributed by atoms with van der Waals surface area (Å²) in [6, 6.07) is 0. The maximum Gasteiger partial charge on any atom is 0.277 e. The molecule has 0 radical (unpaired) electrons. The minimum atomic E-state index is -3.43. The van der Waals surface area contributed by atoms with Crippen LogP contribution in [-0.2, 0) is 14.9 Å². The maximum absolute atomic E-state index is 11.3. The quantitative estimate of drug-likeness (QED) is 0.476. The fourth-order valence-electron chi connectivity index (χ4n) is 0.692. The molecular formula is C8H21N3O3S. The second-order valence-corrected chi connectivity index (χ2v) is 5.66. The topological polar surface area (TPSA) is 93.4 Å². The van der Waals surface area contributed by atoms with Gasteiger partial charge in [-0.1, -0.05) is 13.8 Å². The van der Waals surface area contributed by atoms with Crippen LogP contribution in [0.5, 0.6) is 0 Å². The molecule has 0 atom stereocenters. The first-order chi connectivity index (χ1) is 6.83. The van der Waals surface area contributed by atoms with Gasteiger partial charge in [0.2, 0.25) is 0 Å². The minimum absolute atomic E-state index is 0.240. The molecule has 0 aliphatic carbocycles. The smallest absolute Gasteiger partial charge is 0.277 e. The highest BCUT2D eigenvalue weighted by atomic mass is 32.2. The molecule has 0 aliphatic heterocycles. The van der Waals surface area contributed by atoms with E-state index in [9.17, 15) is 8.42 Å². The van der Waals surface area contributed by atoms with Crippen molar-refractivity contribution in [3.63, 3.8) is 0 Å². The van der Waals surface area contributed by atoms with Gasteiger partial charge in [-0.15, -0.1) is 0 Å². The van der Waals surface area contributed by atoms with Crippen LogP contribution >= 0.6 is 0 Å². The van der Waals surface area contributed by atoms with Crippen LogP contribution in [0.3, 0.4) is 0 Å². The van der Waals surface area contributed by atoms with Gasteiger partial charge in [0.25, 0.3) is 10.2 Å². The lowest BCUT2D eigenvalue weighted by molar-refractivity contribution is 0.204. The van der Waals surface area contributed by atoms with Crippen molar-refractivity contribution < 1.29 is 13.2 Å². The lowest BCUT2D eigenvalue weighted by atomic mass is 9.95. The summed E-state index contributed by atoms with van der Waals surface area (Å²) >= 11 is 0. The zero-order valence-corrected chi connectivity index (χ0v) is 10.4. The van der Waals surface area contributed by atoms with E-state index in [-0.39, 0.29) is 12.0 Å². The fraction of sp³-hybridized carbons (Fsp3) is 1.00. The summed E-state index contributed by atoms with van der Waals surface area (Å²) < 4.78 is 32.2. The molecule has 0 saturated carbocycles. The molecule has 0 aromatic heterocycles. The van der Waals surface area contributed by atoms with E-state index < -0.39 is 10.2 Å². The molecule has 7 heteroatoms. The Kier molecular flexibility index (Phi) is 6.30. The van der Waals surface area contributed by atoms with Crippen molar-refractivity contribution in [3.8, 4) is 0 Å². The van der Waals surface area contributed by atoms with E-state index in [2.05, 4.69) is 9.44 Å². The SMILES string of the molecule is COCCNS(=O)(=O)NCC(C)(C)CN. The zero-order chi connectivity index (χ0) is 11.9. The summed E-state index contributed by atoms with van der Waals surface area (Å²) in [4.78, 5) is 0. The zero-order valence-electron chi connectivity index (χ0n) is 9.54. The number of nitrogens with two attached hydrogens (primary N) is 1. The predicted octanol–water partition coefficient (Wildman–Crippen LogP) is -0.958. The molecule has 0 aromatic rings. The highest BCUT2D eigenvalue weighted by Gasteiger charge is 2.18. The van der Waals surface area contributed by atoms with E-state index in [1.165, 1.54) is 7.11 Å². The van der Waals surface area contributed by atoms with Gasteiger partial charge >= 0.3 is 0 Å². The van der Waals surface area contributed by atoms with Crippen LogP contribution in [0.2, 0.25) is 0 Å². The van der Waals surface area contributed by atoms with Gasteiger partial charge in [-0.3, -0.25) is 0 Å². The van der Waals surface area contributed by atoms with E-state index in [1.807, 2.05) is 13.8 Å². The lowest BCUT2D eigenvalue weighted by Gasteiger charge is -2.22. The summed E-state index contributed by atoms with van der Waals surface area (Å²) in [6.45, 7) is 5.13. The van der Waals surface area contributed by atoms with Crippen LogP contribution in [0.1, 0.15) is 13.8 Å². The second-order valence-electron chi connectivity index (χ2n) is 4.08. The maximum atomic E-state index is 11.3. The first-order valence-electron chi connectivity index (χ1n) is 4.76. The van der Waals surface area contributed by atoms with Crippen LogP contribution in [0, 0.1) is 5.41 Å². The van der Waals surface area contributed by atoms with Crippen LogP contribution in [-0.4, -0.2) is 41.8 Å². The van der Waals surface area contributed by atoms with E-state index in [0.29, 0.717) is 19.7 Å². The molecule has 6 nitrogen and oxygen atoms in total. The van der Waals surface area contributed by atoms with Crippen molar-refractivity contribution in [2.45, 2.75) is 13.8 Å².